The summed E-state index contributed by atoms with van der Waals surface area (Å²) in [5.74, 6) is 0. The van der Waals surface area contributed by atoms with Crippen LogP contribution >= 0.6 is 0 Å². The van der Waals surface area contributed by atoms with Gasteiger partial charge in [-0.15, -0.1) is 5.11 Å². The first-order valence-electron chi connectivity index (χ1n) is 4.39. The molecule has 0 aliphatic carbocycles. The molecule has 0 N–H and O–H groups in total. The van der Waals surface area contributed by atoms with Gasteiger partial charge in [-0.2, -0.15) is 5.11 Å². The zero-order chi connectivity index (χ0) is 9.64. The maximum absolute atomic E-state index is 4.07. The van der Waals surface area contributed by atoms with Gasteiger partial charge in [0.05, 0.1) is 11.4 Å². The lowest BCUT2D eigenvalue weighted by Gasteiger charge is -1.90. The van der Waals surface area contributed by atoms with Gasteiger partial charge in [0.2, 0.25) is 0 Å². The third-order valence-electron chi connectivity index (χ3n) is 1.72. The second-order valence-corrected chi connectivity index (χ2v) is 2.78. The molecule has 2 heteroatoms. The van der Waals surface area contributed by atoms with Gasteiger partial charge in [-0.25, -0.2) is 0 Å². The van der Waals surface area contributed by atoms with Crippen LogP contribution in [0.1, 0.15) is 0 Å². The Kier molecular flexibility index (Phi) is 2.67. The average molecular weight is 181 g/mol. The SMILES string of the molecule is [c]1ccccc1/N=N/c1ccccc1. The van der Waals surface area contributed by atoms with Crippen LogP contribution in [0.3, 0.4) is 0 Å². The van der Waals surface area contributed by atoms with Crippen LogP contribution in [-0.2, 0) is 0 Å². The molecule has 0 saturated carbocycles. The Labute approximate surface area is 82.9 Å². The van der Waals surface area contributed by atoms with Crippen molar-refractivity contribution in [1.29, 1.82) is 0 Å². The molecule has 1 radical (unpaired) electrons. The van der Waals surface area contributed by atoms with Crippen molar-refractivity contribution in [3.05, 3.63) is 60.7 Å². The molecule has 0 aromatic heterocycles. The molecule has 0 atom stereocenters. The first-order chi connectivity index (χ1) is 6.95. The second kappa shape index (κ2) is 4.33. The van der Waals surface area contributed by atoms with Crippen molar-refractivity contribution in [3.63, 3.8) is 0 Å². The quantitative estimate of drug-likeness (QED) is 0.627. The molecule has 0 saturated heterocycles. The highest BCUT2D eigenvalue weighted by Gasteiger charge is 1.87. The summed E-state index contributed by atoms with van der Waals surface area (Å²) in [4.78, 5) is 0. The highest BCUT2D eigenvalue weighted by Crippen LogP contribution is 2.16. The van der Waals surface area contributed by atoms with Crippen LogP contribution < -0.4 is 0 Å². The molecule has 0 spiro atoms. The fourth-order valence-corrected chi connectivity index (χ4v) is 1.05. The Morgan fingerprint density at radius 2 is 1.57 bits per heavy atom. The maximum atomic E-state index is 4.07. The van der Waals surface area contributed by atoms with E-state index in [-0.39, 0.29) is 0 Å². The molecule has 0 amide bonds. The van der Waals surface area contributed by atoms with E-state index >= 15 is 0 Å². The number of hydrogen-bond donors (Lipinski definition) is 0. The van der Waals surface area contributed by atoms with E-state index in [9.17, 15) is 0 Å². The van der Waals surface area contributed by atoms with Gasteiger partial charge in [-0.1, -0.05) is 36.4 Å². The molecule has 0 aliphatic heterocycles. The molecule has 2 rings (SSSR count). The Morgan fingerprint density at radius 3 is 2.29 bits per heavy atom. The molecule has 14 heavy (non-hydrogen) atoms. The normalized spacial score (nSPS) is 10.6. The van der Waals surface area contributed by atoms with Gasteiger partial charge in [0, 0.05) is 6.07 Å². The minimum atomic E-state index is 0.747. The van der Waals surface area contributed by atoms with Crippen LogP contribution in [0.15, 0.2) is 64.8 Å². The largest absolute Gasteiger partial charge is 0.151 e. The second-order valence-electron chi connectivity index (χ2n) is 2.78. The summed E-state index contributed by atoms with van der Waals surface area (Å²) in [5.41, 5.74) is 1.60. The first-order valence-corrected chi connectivity index (χ1v) is 4.39. The van der Waals surface area contributed by atoms with Gasteiger partial charge >= 0.3 is 0 Å². The lowest BCUT2D eigenvalue weighted by atomic mass is 10.3. The Morgan fingerprint density at radius 1 is 0.786 bits per heavy atom. The molecule has 0 fully saturated rings. The topological polar surface area (TPSA) is 24.7 Å². The van der Waals surface area contributed by atoms with E-state index in [0.29, 0.717) is 0 Å². The van der Waals surface area contributed by atoms with E-state index in [1.165, 1.54) is 0 Å². The zero-order valence-electron chi connectivity index (χ0n) is 7.59. The average Bonchev–Trinajstić information content (AvgIpc) is 2.29. The van der Waals surface area contributed by atoms with Gasteiger partial charge in [-0.3, -0.25) is 0 Å². The number of nitrogens with zero attached hydrogens (tertiary/aromatic N) is 2. The summed E-state index contributed by atoms with van der Waals surface area (Å²) < 4.78 is 0. The number of hydrogen-bond acceptors (Lipinski definition) is 2. The van der Waals surface area contributed by atoms with Crippen LogP contribution in [0.5, 0.6) is 0 Å². The van der Waals surface area contributed by atoms with Crippen molar-refractivity contribution in [1.82, 2.24) is 0 Å². The Balaban J connectivity index is 2.16. The Hall–Kier alpha value is -1.96. The van der Waals surface area contributed by atoms with Crippen molar-refractivity contribution < 1.29 is 0 Å². The Bertz CT molecular complexity index is 365. The maximum Gasteiger partial charge on any atom is 0.0936 e. The van der Waals surface area contributed by atoms with Crippen LogP contribution in [0.25, 0.3) is 0 Å². The fraction of sp³-hybridized carbons (Fsp3) is 0. The molecule has 0 aliphatic rings. The highest BCUT2D eigenvalue weighted by molar-refractivity contribution is 5.38. The predicted octanol–water partition coefficient (Wildman–Crippen LogP) is 3.90. The van der Waals surface area contributed by atoms with Crippen molar-refractivity contribution in [2.45, 2.75) is 0 Å². The smallest absolute Gasteiger partial charge is 0.0936 e. The predicted molar refractivity (Wildman–Crippen MR) is 55.9 cm³/mol. The molecule has 2 aromatic rings. The van der Waals surface area contributed by atoms with Gasteiger partial charge < -0.3 is 0 Å². The third-order valence-corrected chi connectivity index (χ3v) is 1.72. The minimum Gasteiger partial charge on any atom is -0.151 e. The monoisotopic (exact) mass is 181 g/mol. The zero-order valence-corrected chi connectivity index (χ0v) is 7.59. The number of benzene rings is 2. The summed E-state index contributed by atoms with van der Waals surface area (Å²) >= 11 is 0. The van der Waals surface area contributed by atoms with Crippen molar-refractivity contribution in [3.8, 4) is 0 Å². The molecule has 0 unspecified atom stereocenters. The van der Waals surface area contributed by atoms with Gasteiger partial charge in [0.1, 0.15) is 0 Å². The lowest BCUT2D eigenvalue weighted by molar-refractivity contribution is 1.23. The molecule has 0 heterocycles. The highest BCUT2D eigenvalue weighted by atomic mass is 15.1. The summed E-state index contributed by atoms with van der Waals surface area (Å²) in [6.07, 6.45) is 0. The minimum absolute atomic E-state index is 0.747. The lowest BCUT2D eigenvalue weighted by Crippen LogP contribution is -1.63. The molecular formula is C12H9N2. The number of rotatable bonds is 2. The summed E-state index contributed by atoms with van der Waals surface area (Å²) in [6, 6.07) is 20.1. The van der Waals surface area contributed by atoms with E-state index in [4.69, 9.17) is 0 Å². The van der Waals surface area contributed by atoms with E-state index in [1.807, 2.05) is 54.6 Å². The van der Waals surface area contributed by atoms with E-state index in [2.05, 4.69) is 16.3 Å². The first kappa shape index (κ1) is 8.63. The standard InChI is InChI=1S/C12H9N2/c1-3-7-11(8-4-1)13-14-12-9-5-2-6-10-12/h1-9H/b14-13+. The fourth-order valence-electron chi connectivity index (χ4n) is 1.05. The van der Waals surface area contributed by atoms with Crippen molar-refractivity contribution in [2.75, 3.05) is 0 Å². The molecule has 2 nitrogen and oxygen atoms in total. The summed E-state index contributed by atoms with van der Waals surface area (Å²) in [7, 11) is 0. The molecular weight excluding hydrogens is 172 g/mol. The number of azo groups is 1. The van der Waals surface area contributed by atoms with Crippen LogP contribution in [0.4, 0.5) is 11.4 Å². The third kappa shape index (κ3) is 2.26. The molecule has 0 bridgehead atoms. The molecule has 67 valence electrons. The van der Waals surface area contributed by atoms with E-state index in [1.54, 1.807) is 0 Å². The van der Waals surface area contributed by atoms with Crippen molar-refractivity contribution >= 4 is 11.4 Å². The van der Waals surface area contributed by atoms with Crippen molar-refractivity contribution in [2.24, 2.45) is 10.2 Å². The van der Waals surface area contributed by atoms with Gasteiger partial charge in [0.15, 0.2) is 0 Å². The van der Waals surface area contributed by atoms with Gasteiger partial charge in [-0.05, 0) is 18.2 Å². The summed E-state index contributed by atoms with van der Waals surface area (Å²) in [5, 5.41) is 8.12. The van der Waals surface area contributed by atoms with E-state index < -0.39 is 0 Å². The van der Waals surface area contributed by atoms with Gasteiger partial charge in [0.25, 0.3) is 0 Å². The van der Waals surface area contributed by atoms with Crippen LogP contribution in [0.2, 0.25) is 0 Å². The van der Waals surface area contributed by atoms with E-state index in [0.717, 1.165) is 11.4 Å². The van der Waals surface area contributed by atoms with Crippen LogP contribution in [-0.4, -0.2) is 0 Å². The summed E-state index contributed by atoms with van der Waals surface area (Å²) in [6.45, 7) is 0. The van der Waals surface area contributed by atoms with Crippen LogP contribution in [0, 0.1) is 6.07 Å². The molecule has 2 aromatic carbocycles.